The number of rotatable bonds is 4. The Hall–Kier alpha value is -3.39. The lowest BCUT2D eigenvalue weighted by atomic mass is 10.0. The van der Waals surface area contributed by atoms with Crippen LogP contribution in [0, 0.1) is 5.92 Å². The second-order valence-electron chi connectivity index (χ2n) is 8.14. The van der Waals surface area contributed by atoms with Gasteiger partial charge in [-0.05, 0) is 36.6 Å². The van der Waals surface area contributed by atoms with E-state index >= 15 is 0 Å². The smallest absolute Gasteiger partial charge is 0.256 e. The van der Waals surface area contributed by atoms with Crippen LogP contribution in [0.2, 0.25) is 0 Å². The Kier molecular flexibility index (Phi) is 3.98. The molecule has 2 unspecified atom stereocenters. The third kappa shape index (κ3) is 2.91. The van der Waals surface area contributed by atoms with Crippen molar-refractivity contribution in [3.63, 3.8) is 0 Å². The molecule has 8 nitrogen and oxygen atoms in total. The lowest BCUT2D eigenvalue weighted by molar-refractivity contribution is 0.246. The summed E-state index contributed by atoms with van der Waals surface area (Å²) in [6.07, 6.45) is 2.83. The Morgan fingerprint density at radius 2 is 1.97 bits per heavy atom. The van der Waals surface area contributed by atoms with Crippen molar-refractivity contribution < 1.29 is 4.42 Å². The van der Waals surface area contributed by atoms with Crippen molar-refractivity contribution in [2.75, 3.05) is 30.3 Å². The van der Waals surface area contributed by atoms with Gasteiger partial charge in [0.1, 0.15) is 11.6 Å². The highest BCUT2D eigenvalue weighted by molar-refractivity contribution is 5.58. The molecule has 4 aromatic rings. The summed E-state index contributed by atoms with van der Waals surface area (Å²) in [5, 5.41) is 4.44. The molecule has 0 spiro atoms. The van der Waals surface area contributed by atoms with E-state index in [-0.39, 0.29) is 0 Å². The molecule has 8 heteroatoms. The average Bonchev–Trinajstić information content (AvgIpc) is 3.53. The Morgan fingerprint density at radius 1 is 1.07 bits per heavy atom. The van der Waals surface area contributed by atoms with Crippen LogP contribution >= 0.6 is 0 Å². The number of furan rings is 1. The van der Waals surface area contributed by atoms with Crippen molar-refractivity contribution >= 4 is 17.4 Å². The number of anilines is 2. The Bertz CT molecular complexity index is 1170. The highest BCUT2D eigenvalue weighted by atomic mass is 16.3. The van der Waals surface area contributed by atoms with Crippen molar-refractivity contribution in [3.05, 3.63) is 60.4 Å². The van der Waals surface area contributed by atoms with Gasteiger partial charge in [0, 0.05) is 31.7 Å². The summed E-state index contributed by atoms with van der Waals surface area (Å²) in [5.74, 6) is 3.64. The number of hydrogen-bond donors (Lipinski definition) is 1. The monoisotopic (exact) mass is 401 g/mol. The molecule has 3 aromatic heterocycles. The van der Waals surface area contributed by atoms with Crippen LogP contribution in [-0.2, 0) is 6.54 Å². The maximum Gasteiger partial charge on any atom is 0.256 e. The predicted molar refractivity (Wildman–Crippen MR) is 114 cm³/mol. The molecule has 0 saturated carbocycles. The van der Waals surface area contributed by atoms with E-state index in [1.807, 2.05) is 18.2 Å². The summed E-state index contributed by atoms with van der Waals surface area (Å²) >= 11 is 0. The number of nitrogen functional groups attached to an aromatic ring is 1. The van der Waals surface area contributed by atoms with E-state index in [1.165, 1.54) is 12.0 Å². The summed E-state index contributed by atoms with van der Waals surface area (Å²) in [4.78, 5) is 14.2. The van der Waals surface area contributed by atoms with Crippen molar-refractivity contribution in [2.45, 2.75) is 19.0 Å². The molecule has 2 N–H and O–H groups in total. The third-order valence-electron chi connectivity index (χ3n) is 6.28. The van der Waals surface area contributed by atoms with E-state index < -0.39 is 0 Å². The molecular weight excluding hydrogens is 378 g/mol. The van der Waals surface area contributed by atoms with Gasteiger partial charge >= 0.3 is 0 Å². The highest BCUT2D eigenvalue weighted by Gasteiger charge is 2.41. The molecule has 2 fully saturated rings. The quantitative estimate of drug-likeness (QED) is 0.562. The van der Waals surface area contributed by atoms with Crippen LogP contribution in [0.5, 0.6) is 0 Å². The second-order valence-corrected chi connectivity index (χ2v) is 8.14. The van der Waals surface area contributed by atoms with Crippen LogP contribution in [0.1, 0.15) is 12.0 Å². The van der Waals surface area contributed by atoms with Crippen molar-refractivity contribution in [1.29, 1.82) is 0 Å². The summed E-state index contributed by atoms with van der Waals surface area (Å²) < 4.78 is 6.98. The number of nitrogens with two attached hydrogens (primary N) is 1. The summed E-state index contributed by atoms with van der Waals surface area (Å²) in [7, 11) is 0. The normalized spacial score (nSPS) is 21.5. The zero-order valence-electron chi connectivity index (χ0n) is 16.6. The largest absolute Gasteiger partial charge is 0.461 e. The van der Waals surface area contributed by atoms with Gasteiger partial charge in [-0.25, -0.2) is 0 Å². The van der Waals surface area contributed by atoms with E-state index in [0.29, 0.717) is 35.1 Å². The van der Waals surface area contributed by atoms with Crippen molar-refractivity contribution in [2.24, 2.45) is 5.92 Å². The Morgan fingerprint density at radius 3 is 2.80 bits per heavy atom. The molecule has 6 rings (SSSR count). The summed E-state index contributed by atoms with van der Waals surface area (Å²) in [5.41, 5.74) is 7.66. The fourth-order valence-corrected chi connectivity index (χ4v) is 4.80. The topological polar surface area (TPSA) is 88.7 Å². The molecule has 2 aliphatic rings. The van der Waals surface area contributed by atoms with Crippen LogP contribution < -0.4 is 10.6 Å². The fraction of sp³-hybridized carbons (Fsp3) is 0.318. The van der Waals surface area contributed by atoms with Crippen molar-refractivity contribution in [1.82, 2.24) is 24.5 Å². The van der Waals surface area contributed by atoms with Crippen LogP contribution in [0.15, 0.2) is 59.2 Å². The van der Waals surface area contributed by atoms with Crippen LogP contribution in [0.25, 0.3) is 17.4 Å². The first-order valence-electron chi connectivity index (χ1n) is 10.3. The Labute approximate surface area is 173 Å². The molecule has 0 aliphatic carbocycles. The minimum atomic E-state index is 0.490. The van der Waals surface area contributed by atoms with E-state index in [2.05, 4.69) is 50.2 Å². The lowest BCUT2D eigenvalue weighted by Crippen LogP contribution is -2.35. The molecule has 2 aliphatic heterocycles. The van der Waals surface area contributed by atoms with E-state index in [0.717, 1.165) is 32.0 Å². The number of likely N-dealkylation sites (tertiary alicyclic amines) is 1. The van der Waals surface area contributed by atoms with Crippen molar-refractivity contribution in [3.8, 4) is 11.6 Å². The van der Waals surface area contributed by atoms with E-state index in [1.54, 1.807) is 10.8 Å². The van der Waals surface area contributed by atoms with Gasteiger partial charge in [0.2, 0.25) is 5.82 Å². The molecule has 5 heterocycles. The zero-order chi connectivity index (χ0) is 20.1. The average molecular weight is 401 g/mol. The standard InChI is InChI=1S/C22H23N7O/c23-19-11-20(24-22-25-21(26-29(19)22)18-7-4-10-30-18)28-13-16-8-9-27(17(16)14-28)12-15-5-2-1-3-6-15/h1-7,10-11,16-17H,8-9,12-14,23H2. The first-order valence-corrected chi connectivity index (χ1v) is 10.3. The molecule has 2 saturated heterocycles. The van der Waals surface area contributed by atoms with Gasteiger partial charge in [0.05, 0.1) is 6.26 Å². The maximum atomic E-state index is 6.29. The first kappa shape index (κ1) is 17.5. The number of aromatic nitrogens is 4. The maximum absolute atomic E-state index is 6.29. The highest BCUT2D eigenvalue weighted by Crippen LogP contribution is 2.35. The number of nitrogens with zero attached hydrogens (tertiary/aromatic N) is 6. The molecule has 30 heavy (non-hydrogen) atoms. The molecule has 1 aromatic carbocycles. The summed E-state index contributed by atoms with van der Waals surface area (Å²) in [6, 6.07) is 16.8. The van der Waals surface area contributed by atoms with E-state index in [4.69, 9.17) is 15.1 Å². The van der Waals surface area contributed by atoms with E-state index in [9.17, 15) is 0 Å². The molecular formula is C22H23N7O. The minimum absolute atomic E-state index is 0.490. The van der Waals surface area contributed by atoms with Gasteiger partial charge < -0.3 is 15.1 Å². The van der Waals surface area contributed by atoms with Gasteiger partial charge in [-0.3, -0.25) is 4.90 Å². The van der Waals surface area contributed by atoms with Crippen LogP contribution in [0.3, 0.4) is 0 Å². The molecule has 152 valence electrons. The fourth-order valence-electron chi connectivity index (χ4n) is 4.80. The third-order valence-corrected chi connectivity index (χ3v) is 6.28. The Balaban J connectivity index is 1.25. The molecule has 0 amide bonds. The minimum Gasteiger partial charge on any atom is -0.461 e. The second kappa shape index (κ2) is 6.84. The van der Waals surface area contributed by atoms with Gasteiger partial charge in [-0.15, -0.1) is 5.10 Å². The molecule has 2 atom stereocenters. The predicted octanol–water partition coefficient (Wildman–Crippen LogP) is 2.68. The first-order chi connectivity index (χ1) is 14.7. The molecule has 0 radical (unpaired) electrons. The van der Waals surface area contributed by atoms with Gasteiger partial charge in [-0.2, -0.15) is 14.5 Å². The van der Waals surface area contributed by atoms with Crippen LogP contribution in [0.4, 0.5) is 11.6 Å². The number of benzene rings is 1. The number of hydrogen-bond acceptors (Lipinski definition) is 7. The molecule has 0 bridgehead atoms. The van der Waals surface area contributed by atoms with Gasteiger partial charge in [-0.1, -0.05) is 30.3 Å². The number of fused-ring (bicyclic) bond motifs is 2. The summed E-state index contributed by atoms with van der Waals surface area (Å²) in [6.45, 7) is 4.11. The van der Waals surface area contributed by atoms with Gasteiger partial charge in [0.15, 0.2) is 5.76 Å². The lowest BCUT2D eigenvalue weighted by Gasteiger charge is -2.25. The SMILES string of the molecule is Nc1cc(N2CC3CCN(Cc4ccccc4)C3C2)nc2nc(-c3ccco3)nn12. The van der Waals surface area contributed by atoms with Gasteiger partial charge in [0.25, 0.3) is 5.78 Å². The van der Waals surface area contributed by atoms with Crippen LogP contribution in [-0.4, -0.2) is 50.2 Å². The zero-order valence-corrected chi connectivity index (χ0v) is 16.6.